The fourth-order valence-corrected chi connectivity index (χ4v) is 1.48. The van der Waals surface area contributed by atoms with E-state index in [1.54, 1.807) is 0 Å². The summed E-state index contributed by atoms with van der Waals surface area (Å²) >= 11 is 0. The third kappa shape index (κ3) is 1.74. The minimum Gasteiger partial charge on any atom is -0.102 e. The van der Waals surface area contributed by atoms with Crippen molar-refractivity contribution < 1.29 is 0 Å². The maximum atomic E-state index is 3.76. The fraction of sp³-hybridized carbons (Fsp3) is 0.0909. The van der Waals surface area contributed by atoms with Gasteiger partial charge in [-0.2, -0.15) is 0 Å². The Morgan fingerprint density at radius 2 is 1.75 bits per heavy atom. The summed E-state index contributed by atoms with van der Waals surface area (Å²) in [4.78, 5) is 0. The number of hydrogen-bond donors (Lipinski definition) is 0. The molecule has 0 amide bonds. The van der Waals surface area contributed by atoms with Gasteiger partial charge in [-0.25, -0.2) is 0 Å². The van der Waals surface area contributed by atoms with Crippen LogP contribution in [0.15, 0.2) is 49.6 Å². The van der Waals surface area contributed by atoms with E-state index in [-0.39, 0.29) is 5.92 Å². The molecule has 1 heteroatoms. The summed E-state index contributed by atoms with van der Waals surface area (Å²) in [7, 11) is 3.53. The zero-order chi connectivity index (χ0) is 8.97. The fourth-order valence-electron chi connectivity index (χ4n) is 1.14. The quantitative estimate of drug-likeness (QED) is 0.481. The molecule has 0 atom stereocenters. The number of allylic oxidation sites excluding steroid dienone is 2. The minimum atomic E-state index is 0.235. The molecule has 0 N–H and O–H groups in total. The first kappa shape index (κ1) is 9.01. The van der Waals surface area contributed by atoms with Crippen molar-refractivity contribution >= 4 is 15.4 Å². The van der Waals surface area contributed by atoms with Crippen LogP contribution >= 0.6 is 0 Å². The second-order valence-corrected chi connectivity index (χ2v) is 3.12. The predicted octanol–water partition coefficient (Wildman–Crippen LogP) is 1.94. The van der Waals surface area contributed by atoms with Crippen molar-refractivity contribution in [3.8, 4) is 0 Å². The number of hydrogen-bond acceptors (Lipinski definition) is 0. The molecule has 0 saturated heterocycles. The van der Waals surface area contributed by atoms with Crippen molar-refractivity contribution in [1.82, 2.24) is 0 Å². The largest absolute Gasteiger partial charge is 0.102 e. The lowest BCUT2D eigenvalue weighted by Crippen LogP contribution is -2.11. The topological polar surface area (TPSA) is 0 Å². The third-order valence-electron chi connectivity index (χ3n) is 1.83. The second kappa shape index (κ2) is 4.07. The van der Waals surface area contributed by atoms with E-state index >= 15 is 0 Å². The number of rotatable bonds is 3. The molecule has 0 aliphatic carbocycles. The SMILES string of the molecule is C=CC(C=C)c1ccccc1[Si]. The normalized spacial score (nSPS) is 9.83. The Hall–Kier alpha value is -1.08. The van der Waals surface area contributed by atoms with Crippen LogP contribution in [0.25, 0.3) is 0 Å². The highest BCUT2D eigenvalue weighted by atomic mass is 28.1. The lowest BCUT2D eigenvalue weighted by atomic mass is 9.99. The van der Waals surface area contributed by atoms with Gasteiger partial charge in [-0.15, -0.1) is 13.2 Å². The minimum absolute atomic E-state index is 0.235. The molecule has 0 aromatic heterocycles. The standard InChI is InChI=1S/C11H11Si/c1-3-9(4-2)10-7-5-6-8-11(10)12/h3-9H,1-2H2. The van der Waals surface area contributed by atoms with Crippen LogP contribution < -0.4 is 5.19 Å². The average Bonchev–Trinajstić information content (AvgIpc) is 2.10. The van der Waals surface area contributed by atoms with E-state index in [1.165, 1.54) is 5.56 Å². The first-order valence-corrected chi connectivity index (χ1v) is 4.35. The van der Waals surface area contributed by atoms with Gasteiger partial charge in [0, 0.05) is 5.92 Å². The molecule has 0 heterocycles. The summed E-state index contributed by atoms with van der Waals surface area (Å²) in [6, 6.07) is 8.09. The highest BCUT2D eigenvalue weighted by Crippen LogP contribution is 2.14. The molecule has 0 nitrogen and oxygen atoms in total. The maximum Gasteiger partial charge on any atom is 0.0716 e. The molecular formula is C11H11Si. The van der Waals surface area contributed by atoms with Gasteiger partial charge in [0.15, 0.2) is 0 Å². The van der Waals surface area contributed by atoms with Gasteiger partial charge >= 0.3 is 0 Å². The van der Waals surface area contributed by atoms with Crippen LogP contribution in [0.4, 0.5) is 0 Å². The van der Waals surface area contributed by atoms with Gasteiger partial charge < -0.3 is 0 Å². The highest BCUT2D eigenvalue weighted by Gasteiger charge is 2.03. The summed E-state index contributed by atoms with van der Waals surface area (Å²) in [5.41, 5.74) is 1.21. The van der Waals surface area contributed by atoms with E-state index in [0.29, 0.717) is 0 Å². The molecule has 0 bridgehead atoms. The zero-order valence-electron chi connectivity index (χ0n) is 6.96. The van der Waals surface area contributed by atoms with Gasteiger partial charge in [0.05, 0.1) is 10.2 Å². The van der Waals surface area contributed by atoms with E-state index in [1.807, 2.05) is 30.4 Å². The first-order valence-electron chi connectivity index (χ1n) is 3.85. The molecular weight excluding hydrogens is 160 g/mol. The molecule has 1 aromatic carbocycles. The molecule has 0 aliphatic heterocycles. The molecule has 0 saturated carbocycles. The molecule has 3 radical (unpaired) electrons. The Balaban J connectivity index is 3.08. The van der Waals surface area contributed by atoms with Gasteiger partial charge in [0.2, 0.25) is 0 Å². The Morgan fingerprint density at radius 3 is 2.25 bits per heavy atom. The highest BCUT2D eigenvalue weighted by molar-refractivity contribution is 6.33. The van der Waals surface area contributed by atoms with Crippen LogP contribution in [0.3, 0.4) is 0 Å². The second-order valence-electron chi connectivity index (χ2n) is 2.58. The summed E-state index contributed by atoms with van der Waals surface area (Å²) in [5, 5.41) is 1.10. The Morgan fingerprint density at radius 1 is 1.17 bits per heavy atom. The van der Waals surface area contributed by atoms with Crippen molar-refractivity contribution in [1.29, 1.82) is 0 Å². The van der Waals surface area contributed by atoms with Crippen molar-refractivity contribution in [2.75, 3.05) is 0 Å². The summed E-state index contributed by atoms with van der Waals surface area (Å²) in [6.45, 7) is 7.51. The lowest BCUT2D eigenvalue weighted by molar-refractivity contribution is 1.11. The summed E-state index contributed by atoms with van der Waals surface area (Å²) < 4.78 is 0. The van der Waals surface area contributed by atoms with Crippen LogP contribution in [0, 0.1) is 0 Å². The monoisotopic (exact) mass is 171 g/mol. The smallest absolute Gasteiger partial charge is 0.0716 e. The van der Waals surface area contributed by atoms with Crippen molar-refractivity contribution in [3.05, 3.63) is 55.1 Å². The van der Waals surface area contributed by atoms with Crippen molar-refractivity contribution in [2.45, 2.75) is 5.92 Å². The van der Waals surface area contributed by atoms with Crippen LogP contribution in [-0.4, -0.2) is 10.2 Å². The van der Waals surface area contributed by atoms with E-state index < -0.39 is 0 Å². The Kier molecular flexibility index (Phi) is 3.06. The summed E-state index contributed by atoms with van der Waals surface area (Å²) in [5.74, 6) is 0.235. The number of benzene rings is 1. The Bertz CT molecular complexity index is 281. The lowest BCUT2D eigenvalue weighted by Gasteiger charge is -2.09. The maximum absolute atomic E-state index is 3.76. The van der Waals surface area contributed by atoms with Gasteiger partial charge in [-0.1, -0.05) is 41.6 Å². The van der Waals surface area contributed by atoms with E-state index in [0.717, 1.165) is 5.19 Å². The molecule has 59 valence electrons. The van der Waals surface area contributed by atoms with E-state index in [9.17, 15) is 0 Å². The molecule has 1 aromatic rings. The average molecular weight is 171 g/mol. The molecule has 1 rings (SSSR count). The van der Waals surface area contributed by atoms with Gasteiger partial charge in [0.1, 0.15) is 0 Å². The molecule has 0 spiro atoms. The Labute approximate surface area is 77.0 Å². The summed E-state index contributed by atoms with van der Waals surface area (Å²) in [6.07, 6.45) is 3.76. The third-order valence-corrected chi connectivity index (χ3v) is 2.28. The molecule has 0 fully saturated rings. The first-order chi connectivity index (χ1) is 5.79. The van der Waals surface area contributed by atoms with Crippen LogP contribution in [0.1, 0.15) is 11.5 Å². The van der Waals surface area contributed by atoms with Crippen LogP contribution in [0.2, 0.25) is 0 Å². The predicted molar refractivity (Wildman–Crippen MR) is 55.0 cm³/mol. The van der Waals surface area contributed by atoms with Gasteiger partial charge in [-0.05, 0) is 5.56 Å². The van der Waals surface area contributed by atoms with Crippen LogP contribution in [-0.2, 0) is 0 Å². The van der Waals surface area contributed by atoms with Crippen molar-refractivity contribution in [2.24, 2.45) is 0 Å². The zero-order valence-corrected chi connectivity index (χ0v) is 7.96. The van der Waals surface area contributed by atoms with E-state index in [4.69, 9.17) is 0 Å². The molecule has 0 unspecified atom stereocenters. The van der Waals surface area contributed by atoms with E-state index in [2.05, 4.69) is 29.5 Å². The molecule has 12 heavy (non-hydrogen) atoms. The molecule has 0 aliphatic rings. The van der Waals surface area contributed by atoms with Gasteiger partial charge in [0.25, 0.3) is 0 Å². The van der Waals surface area contributed by atoms with Crippen LogP contribution in [0.5, 0.6) is 0 Å². The van der Waals surface area contributed by atoms with Crippen molar-refractivity contribution in [3.63, 3.8) is 0 Å². The van der Waals surface area contributed by atoms with Gasteiger partial charge in [-0.3, -0.25) is 0 Å².